The van der Waals surface area contributed by atoms with E-state index < -0.39 is 59.4 Å². The Morgan fingerprint density at radius 1 is 1.03 bits per heavy atom. The zero-order valence-electron chi connectivity index (χ0n) is 17.5. The Labute approximate surface area is 187 Å². The third-order valence-corrected chi connectivity index (χ3v) is 10.8. The maximum atomic E-state index is 13.2. The van der Waals surface area contributed by atoms with Crippen LogP contribution >= 0.6 is 0 Å². The van der Waals surface area contributed by atoms with Gasteiger partial charge in [0.2, 0.25) is 5.91 Å². The SMILES string of the molecule is CC1(C)[C@H](C(=O)OCc2ccccc2)N2C(=O)[C@H](CS(=O)(=O)c3ccccc3)[C@H]2S1(=O)=O. The Morgan fingerprint density at radius 3 is 2.19 bits per heavy atom. The quantitative estimate of drug-likeness (QED) is 0.458. The van der Waals surface area contributed by atoms with E-state index in [2.05, 4.69) is 0 Å². The summed E-state index contributed by atoms with van der Waals surface area (Å²) >= 11 is 0. The van der Waals surface area contributed by atoms with Crippen LogP contribution in [0.3, 0.4) is 0 Å². The zero-order chi connectivity index (χ0) is 23.3. The summed E-state index contributed by atoms with van der Waals surface area (Å²) in [5.41, 5.74) is 0.720. The molecule has 2 fully saturated rings. The summed E-state index contributed by atoms with van der Waals surface area (Å²) < 4.78 is 55.7. The van der Waals surface area contributed by atoms with E-state index in [1.807, 2.05) is 6.07 Å². The Hall–Kier alpha value is -2.72. The number of hydrogen-bond donors (Lipinski definition) is 0. The molecule has 0 bridgehead atoms. The van der Waals surface area contributed by atoms with Crippen LogP contribution in [0.15, 0.2) is 65.6 Å². The molecule has 2 aromatic carbocycles. The minimum absolute atomic E-state index is 0.0136. The summed E-state index contributed by atoms with van der Waals surface area (Å²) in [6, 6.07) is 15.1. The number of carbonyl (C=O) groups excluding carboxylic acids is 2. The van der Waals surface area contributed by atoms with E-state index in [1.54, 1.807) is 42.5 Å². The van der Waals surface area contributed by atoms with Gasteiger partial charge >= 0.3 is 5.97 Å². The fourth-order valence-electron chi connectivity index (χ4n) is 4.31. The second-order valence-electron chi connectivity index (χ2n) is 8.48. The number of hydrogen-bond acceptors (Lipinski definition) is 7. The average Bonchev–Trinajstić information content (AvgIpc) is 2.91. The number of nitrogens with zero attached hydrogens (tertiary/aromatic N) is 1. The molecule has 3 atom stereocenters. The molecule has 0 N–H and O–H groups in total. The lowest BCUT2D eigenvalue weighted by atomic mass is 9.93. The van der Waals surface area contributed by atoms with Gasteiger partial charge in [-0.25, -0.2) is 21.6 Å². The highest BCUT2D eigenvalue weighted by atomic mass is 32.2. The Balaban J connectivity index is 1.58. The topological polar surface area (TPSA) is 115 Å². The van der Waals surface area contributed by atoms with Gasteiger partial charge in [0.05, 0.1) is 21.3 Å². The van der Waals surface area contributed by atoms with Gasteiger partial charge in [-0.2, -0.15) is 0 Å². The molecule has 0 aromatic heterocycles. The van der Waals surface area contributed by atoms with Crippen molar-refractivity contribution in [2.45, 2.75) is 41.5 Å². The van der Waals surface area contributed by atoms with Crippen molar-refractivity contribution < 1.29 is 31.2 Å². The minimum Gasteiger partial charge on any atom is -0.459 e. The lowest BCUT2D eigenvalue weighted by Crippen LogP contribution is -2.65. The van der Waals surface area contributed by atoms with Gasteiger partial charge < -0.3 is 9.64 Å². The Kier molecular flexibility index (Phi) is 5.41. The van der Waals surface area contributed by atoms with Crippen molar-refractivity contribution in [3.8, 4) is 0 Å². The molecule has 0 spiro atoms. The first kappa shape index (κ1) is 22.5. The number of ether oxygens (including phenoxy) is 1. The maximum absolute atomic E-state index is 13.2. The second-order valence-corrected chi connectivity index (χ2v) is 13.1. The Morgan fingerprint density at radius 2 is 1.59 bits per heavy atom. The molecule has 10 heteroatoms. The molecule has 8 nitrogen and oxygen atoms in total. The predicted octanol–water partition coefficient (Wildman–Crippen LogP) is 1.56. The van der Waals surface area contributed by atoms with E-state index >= 15 is 0 Å². The molecule has 0 aliphatic carbocycles. The van der Waals surface area contributed by atoms with Crippen LogP contribution in [0, 0.1) is 5.92 Å². The molecule has 2 saturated heterocycles. The molecule has 2 aromatic rings. The maximum Gasteiger partial charge on any atom is 0.330 e. The molecule has 2 aliphatic rings. The van der Waals surface area contributed by atoms with Crippen LogP contribution in [0.25, 0.3) is 0 Å². The van der Waals surface area contributed by atoms with Gasteiger partial charge in [-0.05, 0) is 31.5 Å². The van der Waals surface area contributed by atoms with E-state index in [-0.39, 0.29) is 11.5 Å². The molecule has 0 unspecified atom stereocenters. The van der Waals surface area contributed by atoms with E-state index in [0.29, 0.717) is 0 Å². The van der Waals surface area contributed by atoms with Crippen LogP contribution in [0.5, 0.6) is 0 Å². The van der Waals surface area contributed by atoms with Gasteiger partial charge in [0, 0.05) is 0 Å². The van der Waals surface area contributed by atoms with Gasteiger partial charge in [0.25, 0.3) is 0 Å². The second kappa shape index (κ2) is 7.70. The van der Waals surface area contributed by atoms with Crippen molar-refractivity contribution in [3.63, 3.8) is 0 Å². The highest BCUT2D eigenvalue weighted by molar-refractivity contribution is 7.94. The average molecular weight is 478 g/mol. The molecule has 0 saturated carbocycles. The standard InChI is InChI=1S/C22H23NO7S2/c1-22(2)18(21(25)30-13-15-9-5-3-6-10-15)23-19(24)17(20(23)32(22,28)29)14-31(26,27)16-11-7-4-8-12-16/h3-12,17-18,20H,13-14H2,1-2H3/t17-,18-,20+/m0/s1. The molecular weight excluding hydrogens is 454 g/mol. The summed E-state index contributed by atoms with van der Waals surface area (Å²) in [5.74, 6) is -3.41. The molecule has 170 valence electrons. The van der Waals surface area contributed by atoms with Gasteiger partial charge in [0.15, 0.2) is 19.7 Å². The monoisotopic (exact) mass is 477 g/mol. The minimum atomic E-state index is -4.04. The van der Waals surface area contributed by atoms with E-state index in [9.17, 15) is 26.4 Å². The van der Waals surface area contributed by atoms with Crippen LogP contribution in [-0.2, 0) is 40.6 Å². The van der Waals surface area contributed by atoms with Crippen LogP contribution in [0.4, 0.5) is 0 Å². The van der Waals surface area contributed by atoms with Crippen molar-refractivity contribution in [2.24, 2.45) is 5.92 Å². The van der Waals surface area contributed by atoms with Crippen molar-refractivity contribution in [2.75, 3.05) is 5.75 Å². The van der Waals surface area contributed by atoms with Crippen LogP contribution in [-0.4, -0.2) is 55.5 Å². The summed E-state index contributed by atoms with van der Waals surface area (Å²) in [6.07, 6.45) is 0. The normalized spacial score (nSPS) is 25.6. The smallest absolute Gasteiger partial charge is 0.330 e. The molecule has 2 heterocycles. The third kappa shape index (κ3) is 3.41. The fourth-order valence-corrected chi connectivity index (χ4v) is 8.31. The lowest BCUT2D eigenvalue weighted by Gasteiger charge is -2.42. The number of amides is 1. The Bertz CT molecular complexity index is 1260. The number of fused-ring (bicyclic) bond motifs is 1. The van der Waals surface area contributed by atoms with Crippen LogP contribution in [0.2, 0.25) is 0 Å². The number of benzene rings is 2. The molecular formula is C22H23NO7S2. The highest BCUT2D eigenvalue weighted by Crippen LogP contribution is 2.49. The van der Waals surface area contributed by atoms with Gasteiger partial charge in [-0.1, -0.05) is 48.5 Å². The molecule has 1 amide bonds. The van der Waals surface area contributed by atoms with Crippen LogP contribution in [0.1, 0.15) is 19.4 Å². The largest absolute Gasteiger partial charge is 0.459 e. The first-order valence-corrected chi connectivity index (χ1v) is 13.2. The molecule has 4 rings (SSSR count). The van der Waals surface area contributed by atoms with Gasteiger partial charge in [-0.15, -0.1) is 0 Å². The zero-order valence-corrected chi connectivity index (χ0v) is 19.2. The number of β-lactam (4-membered cyclic amide) rings is 1. The molecule has 0 radical (unpaired) electrons. The summed E-state index contributed by atoms with van der Waals surface area (Å²) in [7, 11) is -7.93. The lowest BCUT2D eigenvalue weighted by molar-refractivity contribution is -0.166. The van der Waals surface area contributed by atoms with Crippen molar-refractivity contribution in [1.29, 1.82) is 0 Å². The third-order valence-electron chi connectivity index (χ3n) is 6.13. The first-order valence-electron chi connectivity index (χ1n) is 10.0. The highest BCUT2D eigenvalue weighted by Gasteiger charge is 2.72. The summed E-state index contributed by atoms with van der Waals surface area (Å²) in [4.78, 5) is 26.8. The number of sulfone groups is 2. The fraction of sp³-hybridized carbons (Fsp3) is 0.364. The first-order chi connectivity index (χ1) is 15.0. The summed E-state index contributed by atoms with van der Waals surface area (Å²) in [5, 5.41) is -1.38. The number of carbonyl (C=O) groups is 2. The van der Waals surface area contributed by atoms with Gasteiger partial charge in [-0.3, -0.25) is 4.79 Å². The molecule has 2 aliphatic heterocycles. The van der Waals surface area contributed by atoms with Crippen molar-refractivity contribution >= 4 is 31.6 Å². The van der Waals surface area contributed by atoms with E-state index in [0.717, 1.165) is 10.5 Å². The summed E-state index contributed by atoms with van der Waals surface area (Å²) in [6.45, 7) is 2.67. The number of esters is 1. The van der Waals surface area contributed by atoms with Crippen molar-refractivity contribution in [1.82, 2.24) is 4.90 Å². The molecule has 32 heavy (non-hydrogen) atoms. The predicted molar refractivity (Wildman–Crippen MR) is 116 cm³/mol. The van der Waals surface area contributed by atoms with E-state index in [1.165, 1.54) is 26.0 Å². The van der Waals surface area contributed by atoms with Gasteiger partial charge in [0.1, 0.15) is 18.0 Å². The van der Waals surface area contributed by atoms with E-state index in [4.69, 9.17) is 4.74 Å². The van der Waals surface area contributed by atoms with Crippen molar-refractivity contribution in [3.05, 3.63) is 66.2 Å². The number of rotatable bonds is 6. The van der Waals surface area contributed by atoms with Crippen LogP contribution < -0.4 is 0 Å².